The van der Waals surface area contributed by atoms with Crippen LogP contribution in [0.3, 0.4) is 0 Å². The van der Waals surface area contributed by atoms with Gasteiger partial charge < -0.3 is 0 Å². The minimum atomic E-state index is -4.00. The van der Waals surface area contributed by atoms with Crippen molar-refractivity contribution in [3.8, 4) is 0 Å². The van der Waals surface area contributed by atoms with Gasteiger partial charge in [0.15, 0.2) is 0 Å². The third-order valence-corrected chi connectivity index (χ3v) is 1.71. The second-order valence-electron chi connectivity index (χ2n) is 2.23. The molecule has 0 fully saturated rings. The Morgan fingerprint density at radius 2 is 1.69 bits per heavy atom. The fourth-order valence-electron chi connectivity index (χ4n) is 0.729. The van der Waals surface area contributed by atoms with Crippen LogP contribution >= 0.6 is 0 Å². The molecule has 1 aromatic rings. The second-order valence-corrected chi connectivity index (χ2v) is 3.53. The molecule has 0 aromatic heterocycles. The molecule has 0 radical (unpaired) electrons. The van der Waals surface area contributed by atoms with E-state index in [9.17, 15) is 8.42 Å². The van der Waals surface area contributed by atoms with E-state index in [0.29, 0.717) is 0 Å². The van der Waals surface area contributed by atoms with E-state index in [1.54, 1.807) is 24.3 Å². The van der Waals surface area contributed by atoms with Gasteiger partial charge >= 0.3 is 26.6 Å². The summed E-state index contributed by atoms with van der Waals surface area (Å²) < 4.78 is 28.9. The molecule has 0 saturated heterocycles. The van der Waals surface area contributed by atoms with Crippen LogP contribution in [0.15, 0.2) is 35.7 Å². The number of rotatable bonds is 2. The summed E-state index contributed by atoms with van der Waals surface area (Å²) in [6.45, 7) is 0. The molecule has 0 aliphatic carbocycles. The number of benzene rings is 1. The van der Waals surface area contributed by atoms with Crippen molar-refractivity contribution in [3.05, 3.63) is 41.3 Å². The monoisotopic (exact) mass is 395 g/mol. The van der Waals surface area contributed by atoms with E-state index in [4.69, 9.17) is 4.55 Å². The van der Waals surface area contributed by atoms with Gasteiger partial charge in [-0.25, -0.2) is 0 Å². The maximum atomic E-state index is 10.3. The van der Waals surface area contributed by atoms with Crippen LogP contribution in [0.2, 0.25) is 0 Å². The fourth-order valence-corrected chi connectivity index (χ4v) is 1.06. The maximum absolute atomic E-state index is 10.3. The van der Waals surface area contributed by atoms with Crippen LogP contribution in [0.4, 0.5) is 0 Å². The van der Waals surface area contributed by atoms with Gasteiger partial charge in [0.2, 0.25) is 0 Å². The first-order chi connectivity index (χ1) is 5.58. The van der Waals surface area contributed by atoms with Crippen molar-refractivity contribution in [3.63, 3.8) is 0 Å². The predicted molar refractivity (Wildman–Crippen MR) is 55.6 cm³/mol. The topological polar surface area (TPSA) is 54.4 Å². The molecule has 0 aliphatic heterocycles. The molecule has 3 nitrogen and oxygen atoms in total. The van der Waals surface area contributed by atoms with Crippen molar-refractivity contribution in [2.24, 2.45) is 0 Å². The Bertz CT molecular complexity index is 370. The van der Waals surface area contributed by atoms with Gasteiger partial charge in [-0.05, 0) is 11.6 Å². The zero-order valence-electron chi connectivity index (χ0n) is 6.71. The molecular weight excluding hydrogens is 385 g/mol. The molecule has 0 unspecified atom stereocenters. The molecule has 13 heavy (non-hydrogen) atoms. The molecule has 5 heteroatoms. The molecule has 1 aromatic carbocycles. The Balaban J connectivity index is 0.00000144. The van der Waals surface area contributed by atoms with Crippen LogP contribution in [0.5, 0.6) is 0 Å². The van der Waals surface area contributed by atoms with E-state index in [1.165, 1.54) is 6.08 Å². The Labute approximate surface area is 96.7 Å². The first-order valence-corrected chi connectivity index (χ1v) is 4.79. The van der Waals surface area contributed by atoms with Crippen LogP contribution in [-0.2, 0) is 10.1 Å². The molecule has 0 atom stereocenters. The molecule has 1 N–H and O–H groups in total. The van der Waals surface area contributed by atoms with Crippen LogP contribution in [0.25, 0.3) is 6.08 Å². The average molecular weight is 395 g/mol. The summed E-state index contributed by atoms with van der Waals surface area (Å²) in [5.74, 6) is 0. The van der Waals surface area contributed by atoms with Crippen molar-refractivity contribution in [2.45, 2.75) is 0 Å². The first kappa shape index (κ1) is 12.8. The molecule has 0 saturated carbocycles. The molecule has 0 amide bonds. The predicted octanol–water partition coefficient (Wildman–Crippen LogP) is 0.629. The standard InChI is InChI=1S/C8H8O3S.Po.2H/c9-12(10,11)7-6-8-4-2-1-3-5-8;;;/h1-7H,(H,9,10,11);;;. The molecule has 0 heterocycles. The van der Waals surface area contributed by atoms with E-state index in [-0.39, 0.29) is 26.6 Å². The molecule has 1 rings (SSSR count). The third kappa shape index (κ3) is 5.92. The van der Waals surface area contributed by atoms with E-state index in [2.05, 4.69) is 0 Å². The van der Waals surface area contributed by atoms with Crippen molar-refractivity contribution >= 4 is 42.8 Å². The molecular formula is C8H10O3PoS. The molecule has 0 aliphatic rings. The van der Waals surface area contributed by atoms with Gasteiger partial charge in [0.1, 0.15) is 0 Å². The summed E-state index contributed by atoms with van der Waals surface area (Å²) in [6.07, 6.45) is 1.33. The van der Waals surface area contributed by atoms with Crippen molar-refractivity contribution in [2.75, 3.05) is 0 Å². The fraction of sp³-hybridized carbons (Fsp3) is 0. The zero-order chi connectivity index (χ0) is 9.03. The normalized spacial score (nSPS) is 11.2. The average Bonchev–Trinajstić information content (AvgIpc) is 2.02. The summed E-state index contributed by atoms with van der Waals surface area (Å²) in [7, 11) is -4.00. The Morgan fingerprint density at radius 1 is 1.15 bits per heavy atom. The summed E-state index contributed by atoms with van der Waals surface area (Å²) in [4.78, 5) is 0. The summed E-state index contributed by atoms with van der Waals surface area (Å²) in [6, 6.07) is 8.86. The van der Waals surface area contributed by atoms with Gasteiger partial charge in [-0.3, -0.25) is 4.55 Å². The van der Waals surface area contributed by atoms with Crippen LogP contribution in [0, 0.1) is 0 Å². The van der Waals surface area contributed by atoms with E-state index in [1.807, 2.05) is 6.07 Å². The van der Waals surface area contributed by atoms with Gasteiger partial charge in [-0.2, -0.15) is 8.42 Å². The van der Waals surface area contributed by atoms with E-state index >= 15 is 0 Å². The van der Waals surface area contributed by atoms with Crippen molar-refractivity contribution in [1.29, 1.82) is 0 Å². The van der Waals surface area contributed by atoms with E-state index < -0.39 is 10.1 Å². The summed E-state index contributed by atoms with van der Waals surface area (Å²) in [5, 5.41) is 0.752. The Kier molecular flexibility index (Phi) is 5.39. The van der Waals surface area contributed by atoms with E-state index in [0.717, 1.165) is 11.0 Å². The molecule has 72 valence electrons. The van der Waals surface area contributed by atoms with Gasteiger partial charge in [0.05, 0.1) is 5.41 Å². The third-order valence-electron chi connectivity index (χ3n) is 1.23. The van der Waals surface area contributed by atoms with Gasteiger partial charge in [0.25, 0.3) is 10.1 Å². The Hall–Kier alpha value is -0.234. The summed E-state index contributed by atoms with van der Waals surface area (Å²) >= 11 is 0. The second kappa shape index (κ2) is 5.49. The van der Waals surface area contributed by atoms with Crippen molar-refractivity contribution < 1.29 is 13.0 Å². The first-order valence-electron chi connectivity index (χ1n) is 3.28. The summed E-state index contributed by atoms with van der Waals surface area (Å²) in [5.41, 5.74) is 0.732. The number of hydrogen-bond donors (Lipinski definition) is 1. The zero-order valence-corrected chi connectivity index (χ0v) is 11.4. The quantitative estimate of drug-likeness (QED) is 0.748. The SMILES string of the molecule is O=S(=O)(O)C=Cc1ccccc1.[PoH2]. The van der Waals surface area contributed by atoms with Gasteiger partial charge in [-0.1, -0.05) is 30.3 Å². The van der Waals surface area contributed by atoms with Crippen LogP contribution in [0.1, 0.15) is 5.56 Å². The van der Waals surface area contributed by atoms with Crippen molar-refractivity contribution in [1.82, 2.24) is 0 Å². The van der Waals surface area contributed by atoms with Crippen LogP contribution < -0.4 is 0 Å². The minimum absolute atomic E-state index is 0. The number of hydrogen-bond acceptors (Lipinski definition) is 2. The molecule has 0 spiro atoms. The molecule has 0 bridgehead atoms. The van der Waals surface area contributed by atoms with Gasteiger partial charge in [0, 0.05) is 0 Å². The van der Waals surface area contributed by atoms with Gasteiger partial charge in [-0.15, -0.1) is 0 Å². The van der Waals surface area contributed by atoms with Crippen LogP contribution in [-0.4, -0.2) is 39.5 Å². The Morgan fingerprint density at radius 3 is 2.15 bits per heavy atom.